The zero-order valence-corrected chi connectivity index (χ0v) is 12.0. The summed E-state index contributed by atoms with van der Waals surface area (Å²) in [5.74, 6) is 0. The second kappa shape index (κ2) is 5.32. The van der Waals surface area contributed by atoms with Gasteiger partial charge in [0.25, 0.3) is 0 Å². The Labute approximate surface area is 105 Å². The van der Waals surface area contributed by atoms with E-state index in [0.29, 0.717) is 6.04 Å². The summed E-state index contributed by atoms with van der Waals surface area (Å²) in [6.45, 7) is 15.3. The fraction of sp³-hybridized carbons (Fsp3) is 0.917. The summed E-state index contributed by atoms with van der Waals surface area (Å²) in [7, 11) is 0. The quantitative estimate of drug-likeness (QED) is 0.706. The number of rotatable bonds is 1. The fourth-order valence-electron chi connectivity index (χ4n) is 1.92. The number of nitrogens with zero attached hydrogens (tertiary/aromatic N) is 2. The molecule has 0 aromatic heterocycles. The van der Waals surface area contributed by atoms with Gasteiger partial charge in [-0.15, -0.1) is 0 Å². The van der Waals surface area contributed by atoms with Gasteiger partial charge in [0.2, 0.25) is 0 Å². The van der Waals surface area contributed by atoms with Crippen LogP contribution in [0.1, 0.15) is 34.6 Å². The zero-order valence-electron chi connectivity index (χ0n) is 11.2. The fourth-order valence-corrected chi connectivity index (χ4v) is 2.34. The first-order valence-corrected chi connectivity index (χ1v) is 6.52. The van der Waals surface area contributed by atoms with Gasteiger partial charge in [0.05, 0.1) is 0 Å². The molecule has 0 aromatic carbocycles. The molecular formula is C12H25N3S. The van der Waals surface area contributed by atoms with Gasteiger partial charge in [-0.2, -0.15) is 0 Å². The van der Waals surface area contributed by atoms with E-state index in [-0.39, 0.29) is 5.54 Å². The molecule has 0 bridgehead atoms. The summed E-state index contributed by atoms with van der Waals surface area (Å²) in [4.78, 5) is 4.79. The van der Waals surface area contributed by atoms with Crippen molar-refractivity contribution >= 4 is 17.3 Å². The highest BCUT2D eigenvalue weighted by atomic mass is 32.1. The third-order valence-corrected chi connectivity index (χ3v) is 3.30. The van der Waals surface area contributed by atoms with Crippen molar-refractivity contribution < 1.29 is 0 Å². The van der Waals surface area contributed by atoms with Crippen molar-refractivity contribution in [3.05, 3.63) is 0 Å². The molecule has 0 spiro atoms. The molecule has 4 heteroatoms. The van der Waals surface area contributed by atoms with Crippen molar-refractivity contribution in [3.8, 4) is 0 Å². The Morgan fingerprint density at radius 2 is 1.62 bits per heavy atom. The Hall–Kier alpha value is -0.350. The molecule has 0 aliphatic carbocycles. The van der Waals surface area contributed by atoms with Gasteiger partial charge in [-0.3, -0.25) is 4.90 Å². The van der Waals surface area contributed by atoms with Crippen molar-refractivity contribution in [2.75, 3.05) is 26.2 Å². The molecule has 0 aromatic rings. The first-order chi connectivity index (χ1) is 7.30. The van der Waals surface area contributed by atoms with E-state index in [1.165, 1.54) is 0 Å². The third-order valence-electron chi connectivity index (χ3n) is 2.93. The minimum absolute atomic E-state index is 0.277. The third kappa shape index (κ3) is 3.91. The highest BCUT2D eigenvalue weighted by molar-refractivity contribution is 7.80. The molecule has 1 saturated heterocycles. The van der Waals surface area contributed by atoms with Crippen molar-refractivity contribution in [2.24, 2.45) is 0 Å². The van der Waals surface area contributed by atoms with Gasteiger partial charge in [0.1, 0.15) is 0 Å². The van der Waals surface area contributed by atoms with E-state index >= 15 is 0 Å². The van der Waals surface area contributed by atoms with Gasteiger partial charge in [-0.1, -0.05) is 0 Å². The minimum atomic E-state index is 0.277. The summed E-state index contributed by atoms with van der Waals surface area (Å²) in [6, 6.07) is 0.424. The number of hydrogen-bond donors (Lipinski definition) is 1. The lowest BCUT2D eigenvalue weighted by atomic mass is 10.1. The molecule has 16 heavy (non-hydrogen) atoms. The topological polar surface area (TPSA) is 18.5 Å². The molecule has 1 N–H and O–H groups in total. The van der Waals surface area contributed by atoms with Crippen LogP contribution >= 0.6 is 12.2 Å². The Bertz CT molecular complexity index is 237. The molecule has 3 nitrogen and oxygen atoms in total. The lowest BCUT2D eigenvalue weighted by Gasteiger charge is -2.43. The minimum Gasteiger partial charge on any atom is -0.360 e. The Morgan fingerprint density at radius 1 is 1.12 bits per heavy atom. The van der Waals surface area contributed by atoms with Crippen LogP contribution in [0, 0.1) is 0 Å². The maximum absolute atomic E-state index is 5.38. The monoisotopic (exact) mass is 243 g/mol. The Balaban J connectivity index is 2.40. The maximum atomic E-state index is 5.38. The predicted molar refractivity (Wildman–Crippen MR) is 73.8 cm³/mol. The summed E-state index contributed by atoms with van der Waals surface area (Å²) in [5.41, 5.74) is 0.277. The summed E-state index contributed by atoms with van der Waals surface area (Å²) < 4.78 is 0. The Kier molecular flexibility index (Phi) is 4.56. The molecule has 0 radical (unpaired) electrons. The van der Waals surface area contributed by atoms with Gasteiger partial charge < -0.3 is 10.2 Å². The molecule has 0 unspecified atom stereocenters. The second-order valence-electron chi connectivity index (χ2n) is 5.75. The molecule has 1 fully saturated rings. The van der Waals surface area contributed by atoms with E-state index in [2.05, 4.69) is 49.7 Å². The average Bonchev–Trinajstić information content (AvgIpc) is 2.15. The SMILES string of the molecule is CC(C)NC(=S)N1CCN(C(C)(C)C)CC1. The van der Waals surface area contributed by atoms with Crippen LogP contribution in [0.5, 0.6) is 0 Å². The summed E-state index contributed by atoms with van der Waals surface area (Å²) in [6.07, 6.45) is 0. The van der Waals surface area contributed by atoms with Gasteiger partial charge in [-0.05, 0) is 46.8 Å². The van der Waals surface area contributed by atoms with Crippen LogP contribution in [0.25, 0.3) is 0 Å². The van der Waals surface area contributed by atoms with E-state index in [4.69, 9.17) is 12.2 Å². The number of piperazine rings is 1. The van der Waals surface area contributed by atoms with E-state index in [9.17, 15) is 0 Å². The van der Waals surface area contributed by atoms with Gasteiger partial charge >= 0.3 is 0 Å². The van der Waals surface area contributed by atoms with Crippen LogP contribution in [-0.2, 0) is 0 Å². The normalized spacial score (nSPS) is 19.0. The molecule has 94 valence electrons. The summed E-state index contributed by atoms with van der Waals surface area (Å²) >= 11 is 5.38. The van der Waals surface area contributed by atoms with Crippen LogP contribution in [0.4, 0.5) is 0 Å². The lowest BCUT2D eigenvalue weighted by molar-refractivity contribution is 0.0878. The predicted octanol–water partition coefficient (Wildman–Crippen LogP) is 1.69. The van der Waals surface area contributed by atoms with E-state index in [1.54, 1.807) is 0 Å². The van der Waals surface area contributed by atoms with Crippen molar-refractivity contribution in [2.45, 2.75) is 46.2 Å². The molecular weight excluding hydrogens is 218 g/mol. The van der Waals surface area contributed by atoms with Crippen LogP contribution in [0.2, 0.25) is 0 Å². The van der Waals surface area contributed by atoms with E-state index < -0.39 is 0 Å². The van der Waals surface area contributed by atoms with Crippen LogP contribution in [-0.4, -0.2) is 52.7 Å². The molecule has 1 aliphatic heterocycles. The molecule has 0 saturated carbocycles. The first-order valence-electron chi connectivity index (χ1n) is 6.11. The number of nitrogens with one attached hydrogen (secondary N) is 1. The average molecular weight is 243 g/mol. The van der Waals surface area contributed by atoms with Crippen LogP contribution < -0.4 is 5.32 Å². The van der Waals surface area contributed by atoms with Crippen LogP contribution in [0.15, 0.2) is 0 Å². The smallest absolute Gasteiger partial charge is 0.169 e. The zero-order chi connectivity index (χ0) is 12.3. The molecule has 1 aliphatic rings. The standard InChI is InChI=1S/C12H25N3S/c1-10(2)13-11(16)14-6-8-15(9-7-14)12(3,4)5/h10H,6-9H2,1-5H3,(H,13,16). The maximum Gasteiger partial charge on any atom is 0.169 e. The molecule has 1 heterocycles. The number of thiocarbonyl (C=S) groups is 1. The van der Waals surface area contributed by atoms with Gasteiger partial charge in [0.15, 0.2) is 5.11 Å². The van der Waals surface area contributed by atoms with E-state index in [0.717, 1.165) is 31.3 Å². The molecule has 0 atom stereocenters. The number of hydrogen-bond acceptors (Lipinski definition) is 2. The largest absolute Gasteiger partial charge is 0.360 e. The van der Waals surface area contributed by atoms with Crippen molar-refractivity contribution in [1.82, 2.24) is 15.1 Å². The highest BCUT2D eigenvalue weighted by Gasteiger charge is 2.26. The molecule has 0 amide bonds. The Morgan fingerprint density at radius 3 is 2.00 bits per heavy atom. The lowest BCUT2D eigenvalue weighted by Crippen LogP contribution is -2.56. The van der Waals surface area contributed by atoms with Crippen molar-refractivity contribution in [1.29, 1.82) is 0 Å². The molecule has 1 rings (SSSR count). The highest BCUT2D eigenvalue weighted by Crippen LogP contribution is 2.15. The first kappa shape index (κ1) is 13.7. The second-order valence-corrected chi connectivity index (χ2v) is 6.14. The van der Waals surface area contributed by atoms with Gasteiger partial charge in [0, 0.05) is 37.8 Å². The van der Waals surface area contributed by atoms with Crippen molar-refractivity contribution in [3.63, 3.8) is 0 Å². The summed E-state index contributed by atoms with van der Waals surface area (Å²) in [5, 5.41) is 4.21. The van der Waals surface area contributed by atoms with E-state index in [1.807, 2.05) is 0 Å². The van der Waals surface area contributed by atoms with Gasteiger partial charge in [-0.25, -0.2) is 0 Å². The van der Waals surface area contributed by atoms with Crippen LogP contribution in [0.3, 0.4) is 0 Å².